The Hall–Kier alpha value is -3.14. The molecule has 2 aliphatic rings. The number of hydrogen-bond donors (Lipinski definition) is 1. The summed E-state index contributed by atoms with van der Waals surface area (Å²) in [5.74, 6) is 2.90. The zero-order chi connectivity index (χ0) is 19.6. The predicted molar refractivity (Wildman–Crippen MR) is 91.9 cm³/mol. The zero-order valence-corrected chi connectivity index (χ0v) is 14.8. The second-order valence-electron chi connectivity index (χ2n) is 6.03. The highest BCUT2D eigenvalue weighted by Crippen LogP contribution is 2.34. The summed E-state index contributed by atoms with van der Waals surface area (Å²) in [5.41, 5.74) is 0.348. The monoisotopic (exact) mass is 373 g/mol. The number of likely N-dealkylation sites (tertiary alicyclic amines) is 1. The van der Waals surface area contributed by atoms with E-state index in [2.05, 4.69) is 10.3 Å². The Morgan fingerprint density at radius 2 is 2.00 bits per heavy atom. The van der Waals surface area contributed by atoms with Crippen molar-refractivity contribution in [2.45, 2.75) is 25.8 Å². The highest BCUT2D eigenvalue weighted by Gasteiger charge is 2.47. The molecule has 2 aliphatic heterocycles. The van der Waals surface area contributed by atoms with Gasteiger partial charge in [0, 0.05) is 13.0 Å². The minimum Gasteiger partial charge on any atom is -0.380 e. The number of nitrogens with zero attached hydrogens (tertiary/aromatic N) is 4. The van der Waals surface area contributed by atoms with Crippen LogP contribution in [0.3, 0.4) is 0 Å². The summed E-state index contributed by atoms with van der Waals surface area (Å²) in [7, 11) is 0. The Morgan fingerprint density at radius 3 is 2.70 bits per heavy atom. The maximum Gasteiger partial charge on any atom is 0.264 e. The quantitative estimate of drug-likeness (QED) is 0.258. The Kier molecular flexibility index (Phi) is 5.26. The molecule has 0 aliphatic carbocycles. The van der Waals surface area contributed by atoms with E-state index in [1.165, 1.54) is 12.1 Å². The fourth-order valence-electron chi connectivity index (χ4n) is 3.31. The Morgan fingerprint density at radius 1 is 1.22 bits per heavy atom. The van der Waals surface area contributed by atoms with Crippen LogP contribution >= 0.6 is 0 Å². The first-order valence-corrected chi connectivity index (χ1v) is 8.55. The molecule has 0 radical (unpaired) electrons. The van der Waals surface area contributed by atoms with Gasteiger partial charge >= 0.3 is 0 Å². The lowest BCUT2D eigenvalue weighted by atomic mass is 10.0. The van der Waals surface area contributed by atoms with Crippen molar-refractivity contribution in [1.29, 1.82) is 0 Å². The van der Waals surface area contributed by atoms with Crippen LogP contribution in [0, 0.1) is 0 Å². The summed E-state index contributed by atoms with van der Waals surface area (Å²) in [6.45, 7) is 2.54. The third-order valence-corrected chi connectivity index (χ3v) is 4.55. The number of hydrogen-bond acceptors (Lipinski definition) is 7. The number of rotatable bonds is 6. The molecule has 0 saturated carbocycles. The minimum absolute atomic E-state index is 0.0577. The van der Waals surface area contributed by atoms with Crippen molar-refractivity contribution in [1.82, 2.24) is 9.80 Å². The largest absolute Gasteiger partial charge is 0.380 e. The van der Waals surface area contributed by atoms with Gasteiger partial charge in [-0.05, 0) is 25.5 Å². The molecule has 0 spiro atoms. The second kappa shape index (κ2) is 7.62. The first-order valence-electron chi connectivity index (χ1n) is 8.55. The van der Waals surface area contributed by atoms with Crippen LogP contribution in [0.4, 0.5) is 5.69 Å². The second-order valence-corrected chi connectivity index (χ2v) is 6.03. The van der Waals surface area contributed by atoms with Crippen LogP contribution in [0.25, 0.3) is 0 Å². The van der Waals surface area contributed by atoms with Gasteiger partial charge in [-0.1, -0.05) is 11.3 Å². The van der Waals surface area contributed by atoms with E-state index in [1.807, 2.05) is 0 Å². The zero-order valence-electron chi connectivity index (χ0n) is 14.8. The lowest BCUT2D eigenvalue weighted by Crippen LogP contribution is -2.56. The molecule has 142 valence electrons. The van der Waals surface area contributed by atoms with Crippen molar-refractivity contribution < 1.29 is 23.9 Å². The highest BCUT2D eigenvalue weighted by atomic mass is 16.5. The molecule has 1 aromatic carbocycles. The van der Waals surface area contributed by atoms with Crippen molar-refractivity contribution in [3.05, 3.63) is 29.3 Å². The van der Waals surface area contributed by atoms with Crippen molar-refractivity contribution in [2.24, 2.45) is 16.2 Å². The average molecular weight is 373 g/mol. The van der Waals surface area contributed by atoms with Crippen LogP contribution in [-0.4, -0.2) is 59.2 Å². The van der Waals surface area contributed by atoms with Gasteiger partial charge in [0.2, 0.25) is 5.91 Å². The lowest BCUT2D eigenvalue weighted by molar-refractivity contribution is -0.152. The summed E-state index contributed by atoms with van der Waals surface area (Å²) < 4.78 is 5.20. The van der Waals surface area contributed by atoms with Crippen LogP contribution < -0.4 is 5.84 Å². The lowest BCUT2D eigenvalue weighted by Gasteiger charge is -2.34. The minimum atomic E-state index is -1.04. The smallest absolute Gasteiger partial charge is 0.264 e. The summed E-state index contributed by atoms with van der Waals surface area (Å²) >= 11 is 0. The molecule has 1 fully saturated rings. The molecule has 27 heavy (non-hydrogen) atoms. The van der Waals surface area contributed by atoms with Gasteiger partial charge in [0.05, 0.1) is 24.3 Å². The van der Waals surface area contributed by atoms with Crippen molar-refractivity contribution in [3.63, 3.8) is 0 Å². The highest BCUT2D eigenvalue weighted by molar-refractivity contribution is 6.25. The standard InChI is InChI=1S/C17H19N5O5/c1-2-27-9-8-21-13(23)7-6-12(16(21)25)22-15(24)10-4-3-5-11(19-20-18)14(10)17(22)26/h3-5,12H,2,6-9H2,1H3,(H2,18,19). The number of ether oxygens (including phenoxy) is 1. The van der Waals surface area contributed by atoms with Crippen molar-refractivity contribution in [3.8, 4) is 0 Å². The topological polar surface area (TPSA) is 135 Å². The molecule has 1 saturated heterocycles. The van der Waals surface area contributed by atoms with Crippen LogP contribution in [0.5, 0.6) is 0 Å². The van der Waals surface area contributed by atoms with Crippen LogP contribution in [0.1, 0.15) is 40.5 Å². The summed E-state index contributed by atoms with van der Waals surface area (Å²) in [6, 6.07) is 3.50. The molecule has 2 heterocycles. The maximum atomic E-state index is 12.9. The first-order chi connectivity index (χ1) is 13.0. The first kappa shape index (κ1) is 18.6. The molecular formula is C17H19N5O5. The molecule has 1 atom stereocenters. The molecule has 2 N–H and O–H groups in total. The van der Waals surface area contributed by atoms with E-state index in [0.717, 1.165) is 9.80 Å². The van der Waals surface area contributed by atoms with E-state index in [-0.39, 0.29) is 48.7 Å². The molecule has 3 rings (SSSR count). The summed E-state index contributed by atoms with van der Waals surface area (Å²) in [5, 5.41) is 6.84. The third-order valence-electron chi connectivity index (χ3n) is 4.55. The van der Waals surface area contributed by atoms with Gasteiger partial charge < -0.3 is 10.6 Å². The van der Waals surface area contributed by atoms with Crippen LogP contribution in [-0.2, 0) is 14.3 Å². The van der Waals surface area contributed by atoms with E-state index in [4.69, 9.17) is 10.6 Å². The fraction of sp³-hybridized carbons (Fsp3) is 0.412. The van der Waals surface area contributed by atoms with E-state index >= 15 is 0 Å². The predicted octanol–water partition coefficient (Wildman–Crippen LogP) is 0.794. The van der Waals surface area contributed by atoms with E-state index in [0.29, 0.717) is 6.61 Å². The van der Waals surface area contributed by atoms with E-state index in [9.17, 15) is 19.2 Å². The van der Waals surface area contributed by atoms with Gasteiger partial charge in [0.1, 0.15) is 11.7 Å². The Labute approximate surface area is 154 Å². The molecule has 10 nitrogen and oxygen atoms in total. The normalized spacial score (nSPS) is 20.1. The number of nitrogens with two attached hydrogens (primary N) is 1. The molecule has 1 unspecified atom stereocenters. The summed E-state index contributed by atoms with van der Waals surface area (Å²) in [6.07, 6.45) is 0.146. The number of piperidine rings is 1. The van der Waals surface area contributed by atoms with Gasteiger partial charge in [-0.3, -0.25) is 29.0 Å². The molecular weight excluding hydrogens is 354 g/mol. The maximum absolute atomic E-state index is 12.9. The fourth-order valence-corrected chi connectivity index (χ4v) is 3.31. The SMILES string of the molecule is CCOCCN1C(=O)CCC(N2C(=O)c3cccc(N=NN)c3C2=O)C1=O. The molecule has 4 amide bonds. The van der Waals surface area contributed by atoms with Crippen LogP contribution in [0.15, 0.2) is 28.5 Å². The van der Waals surface area contributed by atoms with Gasteiger partial charge in [-0.25, -0.2) is 0 Å². The van der Waals surface area contributed by atoms with Gasteiger partial charge in [-0.2, -0.15) is 0 Å². The molecule has 0 aromatic heterocycles. The van der Waals surface area contributed by atoms with Gasteiger partial charge in [-0.15, -0.1) is 5.11 Å². The number of fused-ring (bicyclic) bond motifs is 1. The van der Waals surface area contributed by atoms with Gasteiger partial charge in [0.15, 0.2) is 0 Å². The van der Waals surface area contributed by atoms with Gasteiger partial charge in [0.25, 0.3) is 17.7 Å². The summed E-state index contributed by atoms with van der Waals surface area (Å²) in [4.78, 5) is 52.5. The van der Waals surface area contributed by atoms with E-state index in [1.54, 1.807) is 13.0 Å². The average Bonchev–Trinajstić information content (AvgIpc) is 2.90. The molecule has 10 heteroatoms. The van der Waals surface area contributed by atoms with Crippen molar-refractivity contribution in [2.75, 3.05) is 19.8 Å². The Bertz CT molecular complexity index is 837. The number of benzene rings is 1. The Balaban J connectivity index is 1.89. The third kappa shape index (κ3) is 3.19. The number of carbonyl (C=O) groups excluding carboxylic acids is 4. The number of carbonyl (C=O) groups is 4. The van der Waals surface area contributed by atoms with E-state index < -0.39 is 23.8 Å². The van der Waals surface area contributed by atoms with Crippen LogP contribution in [0.2, 0.25) is 0 Å². The number of amides is 4. The van der Waals surface area contributed by atoms with Crippen molar-refractivity contribution >= 4 is 29.3 Å². The molecule has 0 bridgehead atoms. The molecule has 1 aromatic rings. The number of imide groups is 2.